The lowest BCUT2D eigenvalue weighted by molar-refractivity contribution is -0.121. The van der Waals surface area contributed by atoms with Crippen molar-refractivity contribution >= 4 is 12.0 Å². The molecule has 112 valence electrons. The molecule has 7 heteroatoms. The highest BCUT2D eigenvalue weighted by Crippen LogP contribution is 2.13. The van der Waals surface area contributed by atoms with Crippen molar-refractivity contribution in [1.29, 1.82) is 0 Å². The molecule has 0 unspecified atom stereocenters. The summed E-state index contributed by atoms with van der Waals surface area (Å²) in [4.78, 5) is 24.7. The summed E-state index contributed by atoms with van der Waals surface area (Å²) < 4.78 is 10.5. The van der Waals surface area contributed by atoms with Crippen molar-refractivity contribution in [2.75, 3.05) is 6.54 Å². The lowest BCUT2D eigenvalue weighted by Gasteiger charge is -2.26. The van der Waals surface area contributed by atoms with E-state index in [2.05, 4.69) is 0 Å². The number of nitrogens with one attached hydrogen (secondary N) is 1. The summed E-state index contributed by atoms with van der Waals surface area (Å²) in [5.41, 5.74) is 1.42. The Balaban J connectivity index is 2.67. The van der Waals surface area contributed by atoms with Gasteiger partial charge in [0, 0.05) is 13.0 Å². The van der Waals surface area contributed by atoms with Gasteiger partial charge in [0.2, 0.25) is 5.91 Å². The number of hydrogen-bond donors (Lipinski definition) is 2. The van der Waals surface area contributed by atoms with Gasteiger partial charge in [-0.1, -0.05) is 0 Å². The van der Waals surface area contributed by atoms with Crippen LogP contribution in [0.3, 0.4) is 0 Å². The van der Waals surface area contributed by atoms with E-state index in [1.165, 1.54) is 11.2 Å². The van der Waals surface area contributed by atoms with Crippen LogP contribution >= 0.6 is 0 Å². The van der Waals surface area contributed by atoms with Crippen molar-refractivity contribution in [2.45, 2.75) is 39.3 Å². The smallest absolute Gasteiger partial charge is 0.410 e. The molecule has 1 rings (SSSR count). The van der Waals surface area contributed by atoms with E-state index in [0.717, 1.165) is 0 Å². The summed E-state index contributed by atoms with van der Waals surface area (Å²) >= 11 is 0. The first-order valence-corrected chi connectivity index (χ1v) is 6.31. The number of rotatable bonds is 5. The van der Waals surface area contributed by atoms with Gasteiger partial charge in [0.15, 0.2) is 0 Å². The van der Waals surface area contributed by atoms with Crippen molar-refractivity contribution in [3.8, 4) is 0 Å². The van der Waals surface area contributed by atoms with Gasteiger partial charge in [0.1, 0.15) is 11.4 Å². The predicted octanol–water partition coefficient (Wildman–Crippen LogP) is 1.40. The SMILES string of the molecule is CC(C)(C)OC(=O)N(CCC(=O)NN)Cc1ccco1. The predicted molar refractivity (Wildman–Crippen MR) is 72.3 cm³/mol. The van der Waals surface area contributed by atoms with Crippen LogP contribution in [0.15, 0.2) is 22.8 Å². The molecule has 0 bridgehead atoms. The minimum absolute atomic E-state index is 0.0937. The van der Waals surface area contributed by atoms with Crippen molar-refractivity contribution in [3.05, 3.63) is 24.2 Å². The molecular weight excluding hydrogens is 262 g/mol. The molecule has 0 saturated heterocycles. The average Bonchev–Trinajstić information content (AvgIpc) is 2.84. The monoisotopic (exact) mass is 283 g/mol. The van der Waals surface area contributed by atoms with E-state index in [1.807, 2.05) is 5.43 Å². The van der Waals surface area contributed by atoms with Crippen molar-refractivity contribution < 1.29 is 18.7 Å². The fourth-order valence-electron chi connectivity index (χ4n) is 1.46. The zero-order valence-corrected chi connectivity index (χ0v) is 12.0. The standard InChI is InChI=1S/C13H21N3O4/c1-13(2,3)20-12(18)16(7-6-11(17)15-14)9-10-5-4-8-19-10/h4-5,8H,6-7,9,14H2,1-3H3,(H,15,17). The molecule has 7 nitrogen and oxygen atoms in total. The number of amides is 2. The van der Waals surface area contributed by atoms with Gasteiger partial charge in [0.25, 0.3) is 0 Å². The van der Waals surface area contributed by atoms with E-state index in [-0.39, 0.29) is 25.4 Å². The number of nitrogens with two attached hydrogens (primary N) is 1. The van der Waals surface area contributed by atoms with E-state index < -0.39 is 11.7 Å². The molecule has 0 aromatic carbocycles. The first-order valence-electron chi connectivity index (χ1n) is 6.31. The Morgan fingerprint density at radius 1 is 1.45 bits per heavy atom. The van der Waals surface area contributed by atoms with E-state index in [0.29, 0.717) is 5.76 Å². The fourth-order valence-corrected chi connectivity index (χ4v) is 1.46. The third kappa shape index (κ3) is 5.75. The maximum absolute atomic E-state index is 12.1. The van der Waals surface area contributed by atoms with Gasteiger partial charge < -0.3 is 14.1 Å². The molecule has 20 heavy (non-hydrogen) atoms. The molecule has 1 aromatic rings. The summed E-state index contributed by atoms with van der Waals surface area (Å²) in [6.45, 7) is 5.77. The number of carbonyl (C=O) groups is 2. The Bertz CT molecular complexity index is 437. The molecule has 0 aliphatic heterocycles. The van der Waals surface area contributed by atoms with Crippen LogP contribution in [0.2, 0.25) is 0 Å². The molecule has 1 heterocycles. The van der Waals surface area contributed by atoms with Crippen LogP contribution in [0.5, 0.6) is 0 Å². The highest BCUT2D eigenvalue weighted by molar-refractivity contribution is 5.76. The molecule has 0 radical (unpaired) electrons. The van der Waals surface area contributed by atoms with E-state index in [4.69, 9.17) is 15.0 Å². The lowest BCUT2D eigenvalue weighted by Crippen LogP contribution is -2.39. The minimum atomic E-state index is -0.603. The second-order valence-electron chi connectivity index (χ2n) is 5.30. The summed E-state index contributed by atoms with van der Waals surface area (Å²) in [6, 6.07) is 3.48. The molecular formula is C13H21N3O4. The summed E-state index contributed by atoms with van der Waals surface area (Å²) in [5, 5.41) is 0. The number of carbonyl (C=O) groups excluding carboxylic acids is 2. The number of hydrogen-bond acceptors (Lipinski definition) is 5. The van der Waals surface area contributed by atoms with Crippen LogP contribution in [0, 0.1) is 0 Å². The Hall–Kier alpha value is -2.02. The summed E-state index contributed by atoms with van der Waals surface area (Å²) in [5.74, 6) is 5.29. The van der Waals surface area contributed by atoms with Crippen LogP contribution in [0.1, 0.15) is 33.0 Å². The Kier molecular flexibility index (Phi) is 5.57. The summed E-state index contributed by atoms with van der Waals surface area (Å²) in [6.07, 6.45) is 1.12. The van der Waals surface area contributed by atoms with E-state index >= 15 is 0 Å². The highest BCUT2D eigenvalue weighted by Gasteiger charge is 2.23. The van der Waals surface area contributed by atoms with Gasteiger partial charge in [-0.25, -0.2) is 10.6 Å². The Morgan fingerprint density at radius 3 is 2.65 bits per heavy atom. The fraction of sp³-hybridized carbons (Fsp3) is 0.538. The van der Waals surface area contributed by atoms with Crippen LogP contribution in [0.4, 0.5) is 4.79 Å². The van der Waals surface area contributed by atoms with Gasteiger partial charge in [-0.3, -0.25) is 10.2 Å². The van der Waals surface area contributed by atoms with E-state index in [1.54, 1.807) is 32.9 Å². The van der Waals surface area contributed by atoms with Crippen LogP contribution in [-0.2, 0) is 16.1 Å². The zero-order chi connectivity index (χ0) is 15.2. The van der Waals surface area contributed by atoms with Gasteiger partial charge in [-0.05, 0) is 32.9 Å². The normalized spacial score (nSPS) is 11.0. The maximum atomic E-state index is 12.1. The molecule has 3 N–H and O–H groups in total. The molecule has 0 aliphatic carbocycles. The zero-order valence-electron chi connectivity index (χ0n) is 12.0. The molecule has 0 aliphatic rings. The topological polar surface area (TPSA) is 97.8 Å². The highest BCUT2D eigenvalue weighted by atomic mass is 16.6. The van der Waals surface area contributed by atoms with E-state index in [9.17, 15) is 9.59 Å². The number of hydrazine groups is 1. The van der Waals surface area contributed by atoms with Crippen molar-refractivity contribution in [3.63, 3.8) is 0 Å². The largest absolute Gasteiger partial charge is 0.467 e. The average molecular weight is 283 g/mol. The quantitative estimate of drug-likeness (QED) is 0.483. The van der Waals surface area contributed by atoms with Gasteiger partial charge in [-0.15, -0.1) is 0 Å². The molecule has 0 spiro atoms. The molecule has 0 fully saturated rings. The van der Waals surface area contributed by atoms with Gasteiger partial charge in [-0.2, -0.15) is 0 Å². The first kappa shape index (κ1) is 16.0. The van der Waals surface area contributed by atoms with Crippen molar-refractivity contribution in [1.82, 2.24) is 10.3 Å². The molecule has 2 amide bonds. The van der Waals surface area contributed by atoms with Crippen molar-refractivity contribution in [2.24, 2.45) is 5.84 Å². The second-order valence-corrected chi connectivity index (χ2v) is 5.30. The second kappa shape index (κ2) is 6.95. The van der Waals surface area contributed by atoms with Crippen LogP contribution in [-0.4, -0.2) is 29.0 Å². The number of nitrogens with zero attached hydrogens (tertiary/aromatic N) is 1. The van der Waals surface area contributed by atoms with Gasteiger partial charge >= 0.3 is 6.09 Å². The molecule has 0 saturated carbocycles. The number of ether oxygens (including phenoxy) is 1. The number of furan rings is 1. The first-order chi connectivity index (χ1) is 9.31. The molecule has 1 aromatic heterocycles. The lowest BCUT2D eigenvalue weighted by atomic mass is 10.2. The Morgan fingerprint density at radius 2 is 2.15 bits per heavy atom. The third-order valence-corrected chi connectivity index (χ3v) is 2.35. The maximum Gasteiger partial charge on any atom is 0.410 e. The summed E-state index contributed by atoms with van der Waals surface area (Å²) in [7, 11) is 0. The van der Waals surface area contributed by atoms with Gasteiger partial charge in [0.05, 0.1) is 12.8 Å². The van der Waals surface area contributed by atoms with Crippen LogP contribution < -0.4 is 11.3 Å². The minimum Gasteiger partial charge on any atom is -0.467 e. The van der Waals surface area contributed by atoms with Crippen LogP contribution in [0.25, 0.3) is 0 Å². The Labute approximate surface area is 118 Å². The molecule has 0 atom stereocenters. The third-order valence-electron chi connectivity index (χ3n) is 2.35.